The lowest BCUT2D eigenvalue weighted by Gasteiger charge is -2.74. The van der Waals surface area contributed by atoms with Gasteiger partial charge in [0.25, 0.3) is 8.32 Å². The van der Waals surface area contributed by atoms with E-state index in [0.717, 1.165) is 10.4 Å². The molecule has 2 aliphatic heterocycles. The van der Waals surface area contributed by atoms with Crippen LogP contribution in [0, 0.1) is 44.8 Å². The van der Waals surface area contributed by atoms with Gasteiger partial charge in [0.2, 0.25) is 0 Å². The van der Waals surface area contributed by atoms with Crippen LogP contribution in [0.4, 0.5) is 0 Å². The fourth-order valence-electron chi connectivity index (χ4n) is 10.1. The van der Waals surface area contributed by atoms with Crippen LogP contribution in [-0.2, 0) is 19.0 Å². The first-order chi connectivity index (χ1) is 23.6. The van der Waals surface area contributed by atoms with Gasteiger partial charge in [-0.15, -0.1) is 0 Å². The van der Waals surface area contributed by atoms with Crippen molar-refractivity contribution in [3.63, 3.8) is 0 Å². The Hall–Kier alpha value is -3.35. The molecular weight excluding hydrogens is 665 g/mol. The van der Waals surface area contributed by atoms with Crippen LogP contribution in [0.3, 0.4) is 0 Å². The lowest BCUT2D eigenvalue weighted by Crippen LogP contribution is -2.80. The number of hydrogen-bond acceptors (Lipinski definition) is 8. The number of aliphatic hydroxyl groups is 2. The molecule has 0 spiro atoms. The van der Waals surface area contributed by atoms with Crippen LogP contribution in [0.15, 0.2) is 95.9 Å². The number of nitriles is 2. The minimum atomic E-state index is -3.77. The summed E-state index contributed by atoms with van der Waals surface area (Å²) in [7, 11) is -6.77. The fraction of sp³-hybridized carbons (Fsp3) is 0.500. The molecule has 264 valence electrons. The molecule has 0 radical (unpaired) electrons. The van der Waals surface area contributed by atoms with Crippen LogP contribution >= 0.6 is 0 Å². The minimum Gasteiger partial charge on any atom is -0.407 e. The van der Waals surface area contributed by atoms with Crippen LogP contribution in [0.5, 0.6) is 0 Å². The molecule has 2 N–H and O–H groups in total. The predicted octanol–water partition coefficient (Wildman–Crippen LogP) is 5.15. The van der Waals surface area contributed by atoms with E-state index < -0.39 is 64.2 Å². The van der Waals surface area contributed by atoms with E-state index in [-0.39, 0.29) is 48.0 Å². The number of benzene rings is 3. The standard InChI is InChI=1S/C40H48N2O6SSi/c1-36(2,3)50(30-17-11-7-12-18-30,31-19-13-8-14-20-31)47-24-23-38-25-32-33(27-49(45,46)29-15-9-6-10-16-29)48-35(38)40(34(43)26-41,37(32,4)5)22-21-39(38,44)28-42/h6-20,32-35,43-44H,21-25,27H2,1-5H3/t32-,33-,34?,35-,38+,39?,40-/m0/s1. The van der Waals surface area contributed by atoms with E-state index in [1.807, 2.05) is 50.2 Å². The van der Waals surface area contributed by atoms with Gasteiger partial charge in [-0.25, -0.2) is 8.42 Å². The zero-order chi connectivity index (χ0) is 36.2. The SMILES string of the molecule is CC1(C)[C@H]2C[C@]3(CCO[Si](c4ccccc4)(c4ccccc4)C(C)(C)C)[C@H](O[C@H]2CS(=O)(=O)c2ccccc2)[C@@]1(C(O)C#N)CCC3(O)C#N. The van der Waals surface area contributed by atoms with E-state index in [0.29, 0.717) is 0 Å². The minimum absolute atomic E-state index is 0.0461. The second kappa shape index (κ2) is 12.7. The first-order valence-corrected chi connectivity index (χ1v) is 21.0. The number of sulfone groups is 1. The summed E-state index contributed by atoms with van der Waals surface area (Å²) in [5.41, 5.74) is -5.02. The topological polar surface area (TPSA) is 141 Å². The van der Waals surface area contributed by atoms with Crippen LogP contribution < -0.4 is 10.4 Å². The maximum atomic E-state index is 13.7. The van der Waals surface area contributed by atoms with E-state index in [1.165, 1.54) is 0 Å². The Labute approximate surface area is 297 Å². The maximum Gasteiger partial charge on any atom is 0.261 e. The van der Waals surface area contributed by atoms with Crippen molar-refractivity contribution in [2.45, 2.75) is 94.1 Å². The molecular formula is C40H48N2O6SSi. The molecule has 50 heavy (non-hydrogen) atoms. The Morgan fingerprint density at radius 3 is 1.98 bits per heavy atom. The molecule has 0 amide bonds. The van der Waals surface area contributed by atoms with Crippen molar-refractivity contribution in [3.05, 3.63) is 91.0 Å². The van der Waals surface area contributed by atoms with Crippen molar-refractivity contribution in [1.29, 1.82) is 10.5 Å². The summed E-state index contributed by atoms with van der Waals surface area (Å²) in [6, 6.07) is 33.0. The highest BCUT2D eigenvalue weighted by atomic mass is 32.2. The molecule has 0 aromatic heterocycles. The van der Waals surface area contributed by atoms with Gasteiger partial charge in [0.15, 0.2) is 15.4 Å². The molecule has 4 fully saturated rings. The number of fused-ring (bicyclic) bond motifs is 1. The highest BCUT2D eigenvalue weighted by Gasteiger charge is 2.79. The molecule has 3 aromatic rings. The van der Waals surface area contributed by atoms with Gasteiger partial charge in [0.05, 0.1) is 35.0 Å². The van der Waals surface area contributed by atoms with E-state index >= 15 is 0 Å². The van der Waals surface area contributed by atoms with Crippen molar-refractivity contribution in [3.8, 4) is 12.1 Å². The van der Waals surface area contributed by atoms with E-state index in [4.69, 9.17) is 9.16 Å². The molecule has 7 atom stereocenters. The van der Waals surface area contributed by atoms with Crippen molar-refractivity contribution < 1.29 is 27.8 Å². The summed E-state index contributed by atoms with van der Waals surface area (Å²) >= 11 is 0. The quantitative estimate of drug-likeness (QED) is 0.218. The van der Waals surface area contributed by atoms with Crippen LogP contribution in [0.2, 0.25) is 5.04 Å². The number of nitrogens with zero attached hydrogens (tertiary/aromatic N) is 2. The molecule has 4 bridgehead atoms. The van der Waals surface area contributed by atoms with Crippen LogP contribution in [-0.4, -0.2) is 63.2 Å². The molecule has 8 nitrogen and oxygen atoms in total. The second-order valence-electron chi connectivity index (χ2n) is 16.1. The number of aliphatic hydroxyl groups excluding tert-OH is 1. The summed E-state index contributed by atoms with van der Waals surface area (Å²) in [5, 5.41) is 46.8. The monoisotopic (exact) mass is 712 g/mol. The molecule has 7 rings (SSSR count). The summed E-state index contributed by atoms with van der Waals surface area (Å²) in [5.74, 6) is -0.790. The molecule has 2 heterocycles. The molecule has 10 heteroatoms. The third kappa shape index (κ3) is 5.22. The Balaban J connectivity index is 1.44. The maximum absolute atomic E-state index is 13.7. The Kier molecular flexibility index (Phi) is 9.25. The third-order valence-corrected chi connectivity index (χ3v) is 19.5. The van der Waals surface area contributed by atoms with E-state index in [2.05, 4.69) is 57.2 Å². The van der Waals surface area contributed by atoms with Gasteiger partial charge in [0, 0.05) is 17.4 Å². The zero-order valence-electron chi connectivity index (χ0n) is 29.5. The Bertz CT molecular complexity index is 1850. The van der Waals surface area contributed by atoms with Gasteiger partial charge in [-0.3, -0.25) is 0 Å². The molecule has 4 aliphatic rings. The van der Waals surface area contributed by atoms with Gasteiger partial charge in [0.1, 0.15) is 6.10 Å². The first-order valence-electron chi connectivity index (χ1n) is 17.5. The molecule has 3 aromatic carbocycles. The Morgan fingerprint density at radius 2 is 1.48 bits per heavy atom. The first kappa shape index (κ1) is 36.4. The lowest BCUT2D eigenvalue weighted by molar-refractivity contribution is -0.371. The summed E-state index contributed by atoms with van der Waals surface area (Å²) < 4.78 is 41.6. The smallest absolute Gasteiger partial charge is 0.261 e. The number of rotatable bonds is 10. The van der Waals surface area contributed by atoms with E-state index in [1.54, 1.807) is 30.3 Å². The van der Waals surface area contributed by atoms with Crippen LogP contribution in [0.1, 0.15) is 60.3 Å². The van der Waals surface area contributed by atoms with Crippen molar-refractivity contribution in [2.75, 3.05) is 12.4 Å². The molecule has 2 saturated heterocycles. The Morgan fingerprint density at radius 1 is 0.940 bits per heavy atom. The number of ether oxygens (including phenoxy) is 1. The van der Waals surface area contributed by atoms with Gasteiger partial charge in [-0.05, 0) is 64.6 Å². The lowest BCUT2D eigenvalue weighted by atomic mass is 9.34. The fourth-order valence-corrected chi connectivity index (χ4v) is 16.2. The van der Waals surface area contributed by atoms with Gasteiger partial charge in [-0.1, -0.05) is 113 Å². The van der Waals surface area contributed by atoms with Crippen molar-refractivity contribution in [1.82, 2.24) is 0 Å². The van der Waals surface area contributed by atoms with E-state index in [9.17, 15) is 29.2 Å². The average Bonchev–Trinajstić information content (AvgIpc) is 3.10. The molecule has 2 saturated carbocycles. The van der Waals surface area contributed by atoms with Crippen molar-refractivity contribution >= 4 is 28.5 Å². The number of hydrogen-bond donors (Lipinski definition) is 2. The van der Waals surface area contributed by atoms with Gasteiger partial charge >= 0.3 is 0 Å². The largest absolute Gasteiger partial charge is 0.407 e. The summed E-state index contributed by atoms with van der Waals surface area (Å²) in [6.45, 7) is 10.7. The van der Waals surface area contributed by atoms with Crippen molar-refractivity contribution in [2.24, 2.45) is 22.2 Å². The zero-order valence-corrected chi connectivity index (χ0v) is 31.4. The summed E-state index contributed by atoms with van der Waals surface area (Å²) in [4.78, 5) is 0.191. The molecule has 2 unspecified atom stereocenters. The average molecular weight is 713 g/mol. The summed E-state index contributed by atoms with van der Waals surface area (Å²) in [6.07, 6.45) is -2.49. The van der Waals surface area contributed by atoms with Gasteiger partial charge < -0.3 is 19.4 Å². The van der Waals surface area contributed by atoms with Crippen LogP contribution in [0.25, 0.3) is 0 Å². The normalized spacial score (nSPS) is 30.9. The molecule has 2 aliphatic carbocycles. The second-order valence-corrected chi connectivity index (χ2v) is 22.5. The highest BCUT2D eigenvalue weighted by molar-refractivity contribution is 7.91. The predicted molar refractivity (Wildman–Crippen MR) is 194 cm³/mol. The third-order valence-electron chi connectivity index (χ3n) is 12.7. The highest BCUT2D eigenvalue weighted by Crippen LogP contribution is 2.74. The van der Waals surface area contributed by atoms with Gasteiger partial charge in [-0.2, -0.15) is 10.5 Å².